The average Bonchev–Trinajstić information content (AvgIpc) is 3.35. The number of fused-ring (bicyclic) bond motifs is 1. The van der Waals surface area contributed by atoms with Crippen molar-refractivity contribution in [2.75, 3.05) is 29.4 Å². The third-order valence-electron chi connectivity index (χ3n) is 6.54. The molecule has 4 rings (SSSR count). The molecule has 240 valence electrons. The molecule has 2 aliphatic rings. The number of imide groups is 1. The van der Waals surface area contributed by atoms with Crippen molar-refractivity contribution in [1.82, 2.24) is 19.9 Å². The van der Waals surface area contributed by atoms with Gasteiger partial charge in [-0.05, 0) is 47.6 Å². The van der Waals surface area contributed by atoms with Crippen LogP contribution in [-0.4, -0.2) is 80.2 Å². The zero-order chi connectivity index (χ0) is 32.6. The summed E-state index contributed by atoms with van der Waals surface area (Å²) in [6.45, 7) is 10.7. The molecule has 2 aromatic rings. The zero-order valence-electron chi connectivity index (χ0n) is 25.3. The van der Waals surface area contributed by atoms with Crippen molar-refractivity contribution in [2.45, 2.75) is 84.4 Å². The van der Waals surface area contributed by atoms with Gasteiger partial charge in [0, 0.05) is 25.9 Å². The topological polar surface area (TPSA) is 148 Å². The summed E-state index contributed by atoms with van der Waals surface area (Å²) in [6.07, 6.45) is -6.09. The Morgan fingerprint density at radius 1 is 1.00 bits per heavy atom. The first kappa shape index (κ1) is 32.5. The van der Waals surface area contributed by atoms with Gasteiger partial charge in [-0.2, -0.15) is 18.1 Å². The number of pyridine rings is 1. The molecule has 13 nitrogen and oxygen atoms in total. The fourth-order valence-corrected chi connectivity index (χ4v) is 4.68. The van der Waals surface area contributed by atoms with E-state index in [0.717, 1.165) is 12.3 Å². The highest BCUT2D eigenvalue weighted by atomic mass is 19.4. The van der Waals surface area contributed by atoms with E-state index in [1.165, 1.54) is 27.1 Å². The summed E-state index contributed by atoms with van der Waals surface area (Å²) in [7, 11) is 0. The number of alkyl halides is 3. The van der Waals surface area contributed by atoms with Crippen LogP contribution in [-0.2, 0) is 28.6 Å². The van der Waals surface area contributed by atoms with E-state index >= 15 is 0 Å². The van der Waals surface area contributed by atoms with Crippen LogP contribution in [0.25, 0.3) is 0 Å². The highest BCUT2D eigenvalue weighted by Gasteiger charge is 2.41. The SMILES string of the molecule is CC(C)(C)OC(=O)N1CC[C@H](Oc2ncnc3c2CN(c2cnc(N(C(=O)O)C(=O)OC(C)(C)C)c(C(F)(F)F)c2)CC3)C1. The number of halogens is 3. The molecule has 4 heterocycles. The quantitative estimate of drug-likeness (QED) is 0.475. The van der Waals surface area contributed by atoms with E-state index in [1.807, 2.05) is 0 Å². The van der Waals surface area contributed by atoms with E-state index in [2.05, 4.69) is 15.0 Å². The third kappa shape index (κ3) is 7.77. The lowest BCUT2D eigenvalue weighted by Gasteiger charge is -2.32. The minimum absolute atomic E-state index is 0.0352. The monoisotopic (exact) mass is 624 g/mol. The number of carbonyl (C=O) groups excluding carboxylic acids is 2. The summed E-state index contributed by atoms with van der Waals surface area (Å²) in [5.41, 5.74) is -1.98. The Morgan fingerprint density at radius 2 is 1.68 bits per heavy atom. The van der Waals surface area contributed by atoms with E-state index in [-0.39, 0.29) is 42.2 Å². The first-order valence-electron chi connectivity index (χ1n) is 13.9. The van der Waals surface area contributed by atoms with Crippen LogP contribution in [0.3, 0.4) is 0 Å². The molecule has 0 bridgehead atoms. The summed E-state index contributed by atoms with van der Waals surface area (Å²) >= 11 is 0. The Kier molecular flexibility index (Phi) is 8.85. The van der Waals surface area contributed by atoms with Crippen LogP contribution in [0, 0.1) is 0 Å². The van der Waals surface area contributed by atoms with E-state index in [1.54, 1.807) is 30.6 Å². The highest BCUT2D eigenvalue weighted by molar-refractivity contribution is 6.08. The summed E-state index contributed by atoms with van der Waals surface area (Å²) in [6, 6.07) is 0.744. The van der Waals surface area contributed by atoms with E-state index in [0.29, 0.717) is 30.6 Å². The second-order valence-corrected chi connectivity index (χ2v) is 12.4. The van der Waals surface area contributed by atoms with Crippen LogP contribution in [0.5, 0.6) is 5.88 Å². The molecule has 1 atom stereocenters. The zero-order valence-corrected chi connectivity index (χ0v) is 25.3. The highest BCUT2D eigenvalue weighted by Crippen LogP contribution is 2.39. The normalized spacial score (nSPS) is 17.2. The number of carboxylic acid groups (broad SMARTS) is 1. The van der Waals surface area contributed by atoms with Gasteiger partial charge in [-0.15, -0.1) is 0 Å². The van der Waals surface area contributed by atoms with Crippen LogP contribution in [0.1, 0.15) is 64.8 Å². The molecular weight excluding hydrogens is 589 g/mol. The van der Waals surface area contributed by atoms with Crippen molar-refractivity contribution in [3.63, 3.8) is 0 Å². The predicted molar refractivity (Wildman–Crippen MR) is 150 cm³/mol. The number of hydrogen-bond acceptors (Lipinski definition) is 10. The van der Waals surface area contributed by atoms with Crippen LogP contribution < -0.4 is 14.5 Å². The molecule has 1 saturated heterocycles. The molecule has 0 saturated carbocycles. The maximum atomic E-state index is 14.2. The lowest BCUT2D eigenvalue weighted by molar-refractivity contribution is -0.137. The van der Waals surface area contributed by atoms with Gasteiger partial charge in [0.1, 0.15) is 29.2 Å². The van der Waals surface area contributed by atoms with E-state index < -0.39 is 47.0 Å². The van der Waals surface area contributed by atoms with Crippen LogP contribution in [0.2, 0.25) is 0 Å². The molecule has 3 amide bonds. The fraction of sp³-hybridized carbons (Fsp3) is 0.571. The third-order valence-corrected chi connectivity index (χ3v) is 6.54. The molecule has 1 N–H and O–H groups in total. The van der Waals surface area contributed by atoms with Gasteiger partial charge in [-0.3, -0.25) is 0 Å². The molecule has 0 spiro atoms. The largest absolute Gasteiger partial charge is 0.472 e. The molecule has 2 aliphatic heterocycles. The second kappa shape index (κ2) is 12.0. The lowest BCUT2D eigenvalue weighted by atomic mass is 10.1. The lowest BCUT2D eigenvalue weighted by Crippen LogP contribution is -2.42. The van der Waals surface area contributed by atoms with Crippen molar-refractivity contribution >= 4 is 29.8 Å². The minimum atomic E-state index is -5.05. The Hall–Kier alpha value is -4.37. The molecule has 16 heteroatoms. The Balaban J connectivity index is 1.57. The molecule has 1 fully saturated rings. The van der Waals surface area contributed by atoms with E-state index in [9.17, 15) is 32.7 Å². The number of aromatic nitrogens is 3. The van der Waals surface area contributed by atoms with Crippen molar-refractivity contribution in [1.29, 1.82) is 0 Å². The first-order valence-corrected chi connectivity index (χ1v) is 13.9. The van der Waals surface area contributed by atoms with Gasteiger partial charge in [0.05, 0.1) is 36.2 Å². The number of anilines is 2. The Morgan fingerprint density at radius 3 is 2.30 bits per heavy atom. The number of rotatable bonds is 4. The Labute approximate surface area is 251 Å². The maximum Gasteiger partial charge on any atom is 0.425 e. The summed E-state index contributed by atoms with van der Waals surface area (Å²) < 4.78 is 59.3. The van der Waals surface area contributed by atoms with Gasteiger partial charge >= 0.3 is 24.5 Å². The van der Waals surface area contributed by atoms with Gasteiger partial charge in [-0.25, -0.2) is 29.3 Å². The van der Waals surface area contributed by atoms with Gasteiger partial charge in [0.25, 0.3) is 0 Å². The molecule has 44 heavy (non-hydrogen) atoms. The summed E-state index contributed by atoms with van der Waals surface area (Å²) in [4.78, 5) is 52.2. The molecule has 0 radical (unpaired) electrons. The van der Waals surface area contributed by atoms with Gasteiger partial charge < -0.3 is 29.1 Å². The number of likely N-dealkylation sites (tertiary alicyclic amines) is 1. The van der Waals surface area contributed by atoms with Crippen molar-refractivity contribution in [2.24, 2.45) is 0 Å². The molecule has 0 unspecified atom stereocenters. The second-order valence-electron chi connectivity index (χ2n) is 12.4. The molecule has 2 aromatic heterocycles. The van der Waals surface area contributed by atoms with Crippen molar-refractivity contribution in [3.05, 3.63) is 35.4 Å². The fourth-order valence-electron chi connectivity index (χ4n) is 4.68. The van der Waals surface area contributed by atoms with Crippen LogP contribution >= 0.6 is 0 Å². The smallest absolute Gasteiger partial charge is 0.425 e. The number of amides is 3. The average molecular weight is 625 g/mol. The predicted octanol–water partition coefficient (Wildman–Crippen LogP) is 5.26. The first-order chi connectivity index (χ1) is 20.3. The number of ether oxygens (including phenoxy) is 3. The van der Waals surface area contributed by atoms with Gasteiger partial charge in [-0.1, -0.05) is 0 Å². The standard InChI is InChI=1S/C28H35F3N6O7/c1-26(2,3)43-24(40)36-9-7-17(13-36)42-22-18-14-35(10-8-20(18)33-15-34-22)16-11-19(28(29,30)31)21(32-12-16)37(23(38)39)25(41)44-27(4,5)6/h11-12,15,17H,7-10,13-14H2,1-6H3,(H,38,39)/t17-/m0/s1. The number of hydrogen-bond donors (Lipinski definition) is 1. The number of nitrogens with zero attached hydrogens (tertiary/aromatic N) is 6. The Bertz CT molecular complexity index is 1420. The summed E-state index contributed by atoms with van der Waals surface area (Å²) in [5, 5.41) is 9.61. The van der Waals surface area contributed by atoms with Crippen molar-refractivity contribution in [3.8, 4) is 5.88 Å². The summed E-state index contributed by atoms with van der Waals surface area (Å²) in [5.74, 6) is -0.873. The molecule has 0 aromatic carbocycles. The molecule has 0 aliphatic carbocycles. The maximum absolute atomic E-state index is 14.2. The van der Waals surface area contributed by atoms with Crippen LogP contribution in [0.4, 0.5) is 39.1 Å². The number of carbonyl (C=O) groups is 3. The van der Waals surface area contributed by atoms with E-state index in [4.69, 9.17) is 14.2 Å². The molecular formula is C28H35F3N6O7. The van der Waals surface area contributed by atoms with Crippen LogP contribution in [0.15, 0.2) is 18.6 Å². The minimum Gasteiger partial charge on any atom is -0.472 e. The van der Waals surface area contributed by atoms with Gasteiger partial charge in [0.2, 0.25) is 5.88 Å². The van der Waals surface area contributed by atoms with Gasteiger partial charge in [0.15, 0.2) is 5.82 Å². The van der Waals surface area contributed by atoms with Crippen molar-refractivity contribution < 1.29 is 46.9 Å².